The molecule has 6 nitrogen and oxygen atoms in total. The Balaban J connectivity index is 2.81. The van der Waals surface area contributed by atoms with Crippen LogP contribution in [0.25, 0.3) is 0 Å². The van der Waals surface area contributed by atoms with Crippen LogP contribution in [0.2, 0.25) is 0 Å². The second-order valence-corrected chi connectivity index (χ2v) is 6.26. The maximum absolute atomic E-state index is 12.5. The van der Waals surface area contributed by atoms with Crippen LogP contribution in [-0.4, -0.2) is 36.0 Å². The number of carbonyl (C=O) groups is 1. The highest BCUT2D eigenvalue weighted by molar-refractivity contribution is 7.66. The maximum atomic E-state index is 12.5. The summed E-state index contributed by atoms with van der Waals surface area (Å²) < 4.78 is 17.8. The van der Waals surface area contributed by atoms with Gasteiger partial charge in [0.1, 0.15) is 11.2 Å². The van der Waals surface area contributed by atoms with Crippen molar-refractivity contribution >= 4 is 13.2 Å². The molecule has 102 valence electrons. The van der Waals surface area contributed by atoms with Gasteiger partial charge in [-0.2, -0.15) is 0 Å². The summed E-state index contributed by atoms with van der Waals surface area (Å²) in [6.07, 6.45) is 2.12. The summed E-state index contributed by atoms with van der Waals surface area (Å²) in [6.45, 7) is 7.77. The van der Waals surface area contributed by atoms with E-state index in [0.29, 0.717) is 25.0 Å². The summed E-state index contributed by atoms with van der Waals surface area (Å²) in [5.41, 5.74) is 3.51. The van der Waals surface area contributed by atoms with E-state index in [1.165, 1.54) is 5.82 Å². The van der Waals surface area contributed by atoms with E-state index in [2.05, 4.69) is 12.1 Å². The van der Waals surface area contributed by atoms with Crippen LogP contribution >= 0.6 is 7.37 Å². The number of hydrogen-bond acceptors (Lipinski definition) is 6. The Morgan fingerprint density at radius 1 is 1.67 bits per heavy atom. The predicted molar refractivity (Wildman–Crippen MR) is 70.4 cm³/mol. The van der Waals surface area contributed by atoms with Crippen LogP contribution in [0.4, 0.5) is 0 Å². The van der Waals surface area contributed by atoms with Gasteiger partial charge in [0, 0.05) is 26.2 Å². The molecule has 1 aliphatic rings. The van der Waals surface area contributed by atoms with Crippen molar-refractivity contribution in [3.63, 3.8) is 0 Å². The first-order chi connectivity index (χ1) is 8.42. The van der Waals surface area contributed by atoms with Crippen molar-refractivity contribution in [1.29, 1.82) is 0 Å². The lowest BCUT2D eigenvalue weighted by Crippen LogP contribution is -2.38. The molecule has 1 unspecified atom stereocenters. The molecule has 0 saturated heterocycles. The summed E-state index contributed by atoms with van der Waals surface area (Å²) in [5, 5.41) is 3.34. The average molecular weight is 273 g/mol. The third kappa shape index (κ3) is 3.45. The van der Waals surface area contributed by atoms with Crippen LogP contribution in [0.1, 0.15) is 20.3 Å². The van der Waals surface area contributed by atoms with Gasteiger partial charge in [0.25, 0.3) is 7.37 Å². The zero-order valence-corrected chi connectivity index (χ0v) is 11.9. The molecule has 7 heteroatoms. The topological polar surface area (TPSA) is 61.9 Å². The SMILES string of the molecule is C=CP(=O)(OCC)C1=CN(CCC(C)=O)NN1C. The van der Waals surface area contributed by atoms with Crippen LogP contribution in [0.5, 0.6) is 0 Å². The molecule has 1 heterocycles. The van der Waals surface area contributed by atoms with E-state index in [0.717, 1.165) is 0 Å². The number of nitrogens with one attached hydrogen (secondary N) is 1. The van der Waals surface area contributed by atoms with Gasteiger partial charge in [-0.15, -0.1) is 5.53 Å². The number of rotatable bonds is 7. The Labute approximate surface area is 108 Å². The van der Waals surface area contributed by atoms with Gasteiger partial charge in [0.2, 0.25) is 0 Å². The Hall–Kier alpha value is -1.10. The highest BCUT2D eigenvalue weighted by atomic mass is 31.2. The van der Waals surface area contributed by atoms with E-state index >= 15 is 0 Å². The zero-order valence-electron chi connectivity index (χ0n) is 11.0. The monoisotopic (exact) mass is 273 g/mol. The van der Waals surface area contributed by atoms with Gasteiger partial charge in [-0.1, -0.05) is 6.58 Å². The van der Waals surface area contributed by atoms with E-state index in [1.54, 1.807) is 37.1 Å². The van der Waals surface area contributed by atoms with Gasteiger partial charge in [0.15, 0.2) is 0 Å². The molecule has 0 aromatic heterocycles. The minimum absolute atomic E-state index is 0.109. The number of Topliss-reactive ketones (excluding diaryl/α,β-unsaturated/α-hetero) is 1. The highest BCUT2D eigenvalue weighted by Gasteiger charge is 2.32. The molecule has 0 aliphatic carbocycles. The molecule has 18 heavy (non-hydrogen) atoms. The highest BCUT2D eigenvalue weighted by Crippen LogP contribution is 2.57. The zero-order chi connectivity index (χ0) is 13.8. The molecular weight excluding hydrogens is 253 g/mol. The summed E-state index contributed by atoms with van der Waals surface area (Å²) in [7, 11) is -1.28. The molecule has 0 bridgehead atoms. The average Bonchev–Trinajstić information content (AvgIpc) is 2.69. The van der Waals surface area contributed by atoms with Crippen molar-refractivity contribution in [2.45, 2.75) is 20.3 Å². The smallest absolute Gasteiger partial charge is 0.272 e. The van der Waals surface area contributed by atoms with Crippen LogP contribution in [0.3, 0.4) is 0 Å². The van der Waals surface area contributed by atoms with Crippen molar-refractivity contribution < 1.29 is 13.9 Å². The molecule has 1 aliphatic heterocycles. The summed E-state index contributed by atoms with van der Waals surface area (Å²) in [4.78, 5) is 10.9. The van der Waals surface area contributed by atoms with E-state index in [-0.39, 0.29) is 5.78 Å². The normalized spacial score (nSPS) is 18.5. The minimum Gasteiger partial charge on any atom is -0.322 e. The molecule has 1 N–H and O–H groups in total. The van der Waals surface area contributed by atoms with Gasteiger partial charge in [0.05, 0.1) is 6.61 Å². The molecule has 1 atom stereocenters. The number of hydrogen-bond donors (Lipinski definition) is 1. The molecule has 0 amide bonds. The van der Waals surface area contributed by atoms with Crippen LogP contribution in [0.15, 0.2) is 24.0 Å². The number of nitrogens with zero attached hydrogens (tertiary/aromatic N) is 2. The standard InChI is InChI=1S/C11H20N3O3P/c1-5-17-18(16,6-2)11-9-14(12-13(11)4)8-7-10(3)15/h6,9,12H,2,5,7-8H2,1,3-4H3. The molecule has 0 spiro atoms. The Morgan fingerprint density at radius 2 is 2.33 bits per heavy atom. The van der Waals surface area contributed by atoms with E-state index in [9.17, 15) is 9.36 Å². The summed E-state index contributed by atoms with van der Waals surface area (Å²) in [6, 6.07) is 0. The molecule has 0 fully saturated rings. The lowest BCUT2D eigenvalue weighted by Gasteiger charge is -2.22. The minimum atomic E-state index is -3.03. The Bertz CT molecular complexity index is 408. The second-order valence-electron chi connectivity index (χ2n) is 3.99. The summed E-state index contributed by atoms with van der Waals surface area (Å²) in [5.74, 6) is 1.45. The third-order valence-electron chi connectivity index (χ3n) is 2.48. The number of hydrazine groups is 2. The molecule has 0 aromatic carbocycles. The quantitative estimate of drug-likeness (QED) is 0.715. The van der Waals surface area contributed by atoms with Crippen LogP contribution in [0, 0.1) is 0 Å². The predicted octanol–water partition coefficient (Wildman–Crippen LogP) is 1.89. The van der Waals surface area contributed by atoms with Gasteiger partial charge in [-0.25, -0.2) is 0 Å². The molecule has 0 radical (unpaired) electrons. The van der Waals surface area contributed by atoms with Gasteiger partial charge in [-0.05, 0) is 19.7 Å². The van der Waals surface area contributed by atoms with E-state index in [1.807, 2.05) is 0 Å². The van der Waals surface area contributed by atoms with Crippen LogP contribution in [-0.2, 0) is 13.9 Å². The molecule has 1 rings (SSSR count). The first-order valence-corrected chi connectivity index (χ1v) is 7.48. The number of ketones is 1. The lowest BCUT2D eigenvalue weighted by atomic mass is 10.3. The Morgan fingerprint density at radius 3 is 2.83 bits per heavy atom. The fraction of sp³-hybridized carbons (Fsp3) is 0.545. The largest absolute Gasteiger partial charge is 0.322 e. The third-order valence-corrected chi connectivity index (χ3v) is 4.66. The second kappa shape index (κ2) is 6.18. The van der Waals surface area contributed by atoms with E-state index in [4.69, 9.17) is 4.52 Å². The lowest BCUT2D eigenvalue weighted by molar-refractivity contribution is -0.117. The first kappa shape index (κ1) is 15.0. The fourth-order valence-electron chi connectivity index (χ4n) is 1.58. The van der Waals surface area contributed by atoms with Crippen molar-refractivity contribution in [2.75, 3.05) is 20.2 Å². The fourth-order valence-corrected chi connectivity index (χ4v) is 3.16. The molecule has 0 saturated carbocycles. The van der Waals surface area contributed by atoms with Gasteiger partial charge in [-0.3, -0.25) is 19.4 Å². The van der Waals surface area contributed by atoms with Crippen molar-refractivity contribution in [2.24, 2.45) is 0 Å². The van der Waals surface area contributed by atoms with Gasteiger partial charge >= 0.3 is 0 Å². The van der Waals surface area contributed by atoms with E-state index < -0.39 is 7.37 Å². The molecular formula is C11H20N3O3P. The number of carbonyl (C=O) groups excluding carboxylic acids is 1. The van der Waals surface area contributed by atoms with Crippen molar-refractivity contribution in [3.8, 4) is 0 Å². The summed E-state index contributed by atoms with van der Waals surface area (Å²) >= 11 is 0. The van der Waals surface area contributed by atoms with Crippen molar-refractivity contribution in [1.82, 2.24) is 15.6 Å². The van der Waals surface area contributed by atoms with Crippen LogP contribution < -0.4 is 5.53 Å². The Kier molecular flexibility index (Phi) is 5.14. The van der Waals surface area contributed by atoms with Gasteiger partial charge < -0.3 is 4.52 Å². The maximum Gasteiger partial charge on any atom is 0.272 e. The first-order valence-electron chi connectivity index (χ1n) is 5.79. The van der Waals surface area contributed by atoms with Crippen molar-refractivity contribution in [3.05, 3.63) is 24.0 Å². The molecule has 0 aromatic rings.